The number of hydrogen-bond donors (Lipinski definition) is 4. The summed E-state index contributed by atoms with van der Waals surface area (Å²) < 4.78 is 0. The van der Waals surface area contributed by atoms with E-state index in [0.717, 1.165) is 22.9 Å². The van der Waals surface area contributed by atoms with Crippen molar-refractivity contribution in [1.82, 2.24) is 20.4 Å². The molecule has 0 atom stereocenters. The summed E-state index contributed by atoms with van der Waals surface area (Å²) >= 11 is 0. The van der Waals surface area contributed by atoms with E-state index in [4.69, 9.17) is 5.73 Å². The number of H-pyrrole nitrogens is 2. The van der Waals surface area contributed by atoms with Gasteiger partial charge in [0.15, 0.2) is 5.82 Å². The molecule has 74 valence electrons. The molecule has 0 aromatic carbocycles. The molecule has 0 saturated carbocycles. The Morgan fingerprint density at radius 3 is 3.00 bits per heavy atom. The SMILES string of the molecule is Cc1cc(Nc2cn[nH]c2CN)n[nH]1. The number of rotatable bonds is 3. The van der Waals surface area contributed by atoms with E-state index in [0.29, 0.717) is 6.54 Å². The van der Waals surface area contributed by atoms with Gasteiger partial charge in [0.1, 0.15) is 0 Å². The fourth-order valence-corrected chi connectivity index (χ4v) is 1.20. The molecule has 2 rings (SSSR count). The maximum Gasteiger partial charge on any atom is 0.152 e. The average Bonchev–Trinajstić information content (AvgIpc) is 2.76. The molecule has 0 fully saturated rings. The lowest BCUT2D eigenvalue weighted by Gasteiger charge is -2.00. The van der Waals surface area contributed by atoms with Crippen LogP contribution in [0.25, 0.3) is 0 Å². The van der Waals surface area contributed by atoms with E-state index < -0.39 is 0 Å². The van der Waals surface area contributed by atoms with Crippen LogP contribution in [0.5, 0.6) is 0 Å². The first-order valence-corrected chi connectivity index (χ1v) is 4.31. The highest BCUT2D eigenvalue weighted by Crippen LogP contribution is 2.16. The summed E-state index contributed by atoms with van der Waals surface area (Å²) in [5.41, 5.74) is 8.25. The molecule has 2 aromatic heterocycles. The van der Waals surface area contributed by atoms with Gasteiger partial charge < -0.3 is 11.1 Å². The number of aromatic amines is 2. The van der Waals surface area contributed by atoms with Crippen LogP contribution in [0, 0.1) is 6.92 Å². The van der Waals surface area contributed by atoms with Crippen molar-refractivity contribution in [3.63, 3.8) is 0 Å². The molecule has 0 spiro atoms. The Kier molecular flexibility index (Phi) is 2.19. The molecule has 0 amide bonds. The maximum atomic E-state index is 5.51. The summed E-state index contributed by atoms with van der Waals surface area (Å²) in [6.45, 7) is 2.36. The third-order valence-electron chi connectivity index (χ3n) is 1.89. The lowest BCUT2D eigenvalue weighted by molar-refractivity contribution is 0.948. The largest absolute Gasteiger partial charge is 0.336 e. The van der Waals surface area contributed by atoms with Crippen molar-refractivity contribution >= 4 is 11.5 Å². The predicted molar refractivity (Wildman–Crippen MR) is 53.1 cm³/mol. The predicted octanol–water partition coefficient (Wildman–Crippen LogP) is 0.644. The second-order valence-electron chi connectivity index (χ2n) is 3.03. The third-order valence-corrected chi connectivity index (χ3v) is 1.89. The van der Waals surface area contributed by atoms with Crippen molar-refractivity contribution in [2.45, 2.75) is 13.5 Å². The molecule has 0 bridgehead atoms. The first kappa shape index (κ1) is 8.76. The van der Waals surface area contributed by atoms with Crippen molar-refractivity contribution in [1.29, 1.82) is 0 Å². The van der Waals surface area contributed by atoms with Crippen molar-refractivity contribution in [3.8, 4) is 0 Å². The fourth-order valence-electron chi connectivity index (χ4n) is 1.20. The molecular formula is C8H12N6. The van der Waals surface area contributed by atoms with Crippen LogP contribution in [0.15, 0.2) is 12.3 Å². The number of anilines is 2. The smallest absolute Gasteiger partial charge is 0.152 e. The topological polar surface area (TPSA) is 95.4 Å². The molecule has 0 radical (unpaired) electrons. The average molecular weight is 192 g/mol. The zero-order valence-electron chi connectivity index (χ0n) is 7.83. The summed E-state index contributed by atoms with van der Waals surface area (Å²) in [5, 5.41) is 16.7. The molecule has 0 aliphatic heterocycles. The van der Waals surface area contributed by atoms with Crippen molar-refractivity contribution < 1.29 is 0 Å². The Hall–Kier alpha value is -1.82. The molecular weight excluding hydrogens is 180 g/mol. The monoisotopic (exact) mass is 192 g/mol. The Morgan fingerprint density at radius 2 is 2.36 bits per heavy atom. The zero-order valence-corrected chi connectivity index (χ0v) is 7.83. The van der Waals surface area contributed by atoms with E-state index in [2.05, 4.69) is 25.7 Å². The van der Waals surface area contributed by atoms with Gasteiger partial charge in [0.05, 0.1) is 17.6 Å². The Balaban J connectivity index is 2.18. The summed E-state index contributed by atoms with van der Waals surface area (Å²) in [6.07, 6.45) is 1.69. The molecule has 0 aliphatic rings. The highest BCUT2D eigenvalue weighted by molar-refractivity contribution is 5.57. The molecule has 2 aromatic rings. The first-order valence-electron chi connectivity index (χ1n) is 4.31. The molecule has 6 nitrogen and oxygen atoms in total. The van der Waals surface area contributed by atoms with Gasteiger partial charge in [-0.15, -0.1) is 0 Å². The highest BCUT2D eigenvalue weighted by Gasteiger charge is 2.04. The normalized spacial score (nSPS) is 10.4. The van der Waals surface area contributed by atoms with Gasteiger partial charge in [-0.3, -0.25) is 10.2 Å². The minimum atomic E-state index is 0.422. The number of nitrogens with zero attached hydrogens (tertiary/aromatic N) is 2. The number of aromatic nitrogens is 4. The highest BCUT2D eigenvalue weighted by atomic mass is 15.2. The van der Waals surface area contributed by atoms with E-state index in [1.54, 1.807) is 6.20 Å². The number of nitrogens with one attached hydrogen (secondary N) is 3. The summed E-state index contributed by atoms with van der Waals surface area (Å²) in [4.78, 5) is 0. The van der Waals surface area contributed by atoms with Gasteiger partial charge in [0, 0.05) is 18.3 Å². The van der Waals surface area contributed by atoms with E-state index in [9.17, 15) is 0 Å². The van der Waals surface area contributed by atoms with E-state index in [1.165, 1.54) is 0 Å². The van der Waals surface area contributed by atoms with Crippen LogP contribution in [-0.4, -0.2) is 20.4 Å². The number of hydrogen-bond acceptors (Lipinski definition) is 4. The lowest BCUT2D eigenvalue weighted by Crippen LogP contribution is -2.00. The Bertz CT molecular complexity index is 415. The standard InChI is InChI=1S/C8H12N6/c1-5-2-8(14-12-5)11-7-4-10-13-6(7)3-9/h2,4H,3,9H2,1H3,(H,10,13)(H2,11,12,14). The van der Waals surface area contributed by atoms with E-state index in [-0.39, 0.29) is 0 Å². The molecule has 0 saturated heterocycles. The van der Waals surface area contributed by atoms with Gasteiger partial charge in [-0.1, -0.05) is 0 Å². The quantitative estimate of drug-likeness (QED) is 0.574. The van der Waals surface area contributed by atoms with Gasteiger partial charge in [-0.2, -0.15) is 10.2 Å². The number of nitrogens with two attached hydrogens (primary N) is 1. The van der Waals surface area contributed by atoms with E-state index in [1.807, 2.05) is 13.0 Å². The molecule has 0 unspecified atom stereocenters. The Morgan fingerprint density at radius 1 is 1.50 bits per heavy atom. The molecule has 6 heteroatoms. The zero-order chi connectivity index (χ0) is 9.97. The second-order valence-corrected chi connectivity index (χ2v) is 3.03. The van der Waals surface area contributed by atoms with Crippen LogP contribution >= 0.6 is 0 Å². The van der Waals surface area contributed by atoms with Crippen molar-refractivity contribution in [3.05, 3.63) is 23.7 Å². The van der Waals surface area contributed by atoms with Gasteiger partial charge in [0.2, 0.25) is 0 Å². The van der Waals surface area contributed by atoms with Gasteiger partial charge in [-0.25, -0.2) is 0 Å². The maximum absolute atomic E-state index is 5.51. The van der Waals surface area contributed by atoms with Crippen molar-refractivity contribution in [2.24, 2.45) is 5.73 Å². The van der Waals surface area contributed by atoms with Gasteiger partial charge >= 0.3 is 0 Å². The summed E-state index contributed by atoms with van der Waals surface area (Å²) in [6, 6.07) is 1.91. The van der Waals surface area contributed by atoms with E-state index >= 15 is 0 Å². The van der Waals surface area contributed by atoms with Crippen LogP contribution in [0.2, 0.25) is 0 Å². The summed E-state index contributed by atoms with van der Waals surface area (Å²) in [5.74, 6) is 0.763. The van der Waals surface area contributed by atoms with Crippen LogP contribution in [0.3, 0.4) is 0 Å². The van der Waals surface area contributed by atoms with Gasteiger partial charge in [-0.05, 0) is 6.92 Å². The van der Waals surface area contributed by atoms with Crippen LogP contribution in [0.4, 0.5) is 11.5 Å². The van der Waals surface area contributed by atoms with Gasteiger partial charge in [0.25, 0.3) is 0 Å². The minimum Gasteiger partial charge on any atom is -0.336 e. The third kappa shape index (κ3) is 1.60. The molecule has 2 heterocycles. The molecule has 0 aliphatic carbocycles. The van der Waals surface area contributed by atoms with Crippen LogP contribution in [-0.2, 0) is 6.54 Å². The molecule has 5 N–H and O–H groups in total. The second kappa shape index (κ2) is 3.51. The molecule has 14 heavy (non-hydrogen) atoms. The van der Waals surface area contributed by atoms with Crippen LogP contribution < -0.4 is 11.1 Å². The lowest BCUT2D eigenvalue weighted by atomic mass is 10.3. The minimum absolute atomic E-state index is 0.422. The first-order chi connectivity index (χ1) is 6.79. The summed E-state index contributed by atoms with van der Waals surface area (Å²) in [7, 11) is 0. The number of aryl methyl sites for hydroxylation is 1. The fraction of sp³-hybridized carbons (Fsp3) is 0.250. The van der Waals surface area contributed by atoms with Crippen molar-refractivity contribution in [2.75, 3.05) is 5.32 Å². The Labute approximate surface area is 80.9 Å². The van der Waals surface area contributed by atoms with Crippen LogP contribution in [0.1, 0.15) is 11.4 Å².